The monoisotopic (exact) mass is 265 g/mol. The molecular weight excluding hydrogens is 246 g/mol. The van der Waals surface area contributed by atoms with Crippen molar-refractivity contribution in [2.24, 2.45) is 0 Å². The van der Waals surface area contributed by atoms with E-state index in [1.807, 2.05) is 12.1 Å². The molecule has 1 rings (SSSR count). The van der Waals surface area contributed by atoms with Gasteiger partial charge in [0, 0.05) is 5.69 Å². The van der Waals surface area contributed by atoms with Crippen LogP contribution in [0, 0.1) is 0 Å². The summed E-state index contributed by atoms with van der Waals surface area (Å²) >= 11 is 0. The molecule has 0 spiro atoms. The number of carboxylic acids is 2. The molecule has 0 heterocycles. The number of rotatable bonds is 5. The lowest BCUT2D eigenvalue weighted by molar-refractivity contribution is -0.136. The summed E-state index contributed by atoms with van der Waals surface area (Å²) in [6.07, 6.45) is 0. The molecule has 19 heavy (non-hydrogen) atoms. The molecule has 5 nitrogen and oxygen atoms in total. The average Bonchev–Trinajstić information content (AvgIpc) is 2.26. The van der Waals surface area contributed by atoms with Crippen LogP contribution in [-0.4, -0.2) is 35.2 Å². The third-order valence-electron chi connectivity index (χ3n) is 2.75. The van der Waals surface area contributed by atoms with Gasteiger partial charge in [0.15, 0.2) is 0 Å². The number of nitrogens with zero attached hydrogens (tertiary/aromatic N) is 1. The molecule has 0 aromatic heterocycles. The Morgan fingerprint density at radius 1 is 1.00 bits per heavy atom. The Morgan fingerprint density at radius 2 is 1.42 bits per heavy atom. The van der Waals surface area contributed by atoms with E-state index in [9.17, 15) is 9.59 Å². The standard InChI is InChI=1S/C14H19NO4/c1-14(2,3)10-4-6-11(7-5-10)15(8-12(16)17)9-13(18)19/h4-7H,8-9H2,1-3H3,(H,16,17)(H,18,19). The van der Waals surface area contributed by atoms with Gasteiger partial charge in [-0.05, 0) is 23.1 Å². The minimum absolute atomic E-state index is 0.00293. The number of aliphatic carboxylic acids is 2. The van der Waals surface area contributed by atoms with Gasteiger partial charge in [-0.3, -0.25) is 9.59 Å². The maximum atomic E-state index is 10.8. The molecule has 5 heteroatoms. The Morgan fingerprint density at radius 3 is 1.74 bits per heavy atom. The molecule has 0 aliphatic rings. The Hall–Kier alpha value is -2.04. The first-order valence-electron chi connectivity index (χ1n) is 5.99. The summed E-state index contributed by atoms with van der Waals surface area (Å²) in [6.45, 7) is 5.57. The van der Waals surface area contributed by atoms with Gasteiger partial charge in [0.2, 0.25) is 0 Å². The van der Waals surface area contributed by atoms with Gasteiger partial charge >= 0.3 is 11.9 Å². The first-order valence-corrected chi connectivity index (χ1v) is 5.99. The molecule has 0 saturated carbocycles. The van der Waals surface area contributed by atoms with Crippen LogP contribution in [0.5, 0.6) is 0 Å². The van der Waals surface area contributed by atoms with Crippen molar-refractivity contribution in [1.29, 1.82) is 0 Å². The second-order valence-electron chi connectivity index (χ2n) is 5.44. The number of hydrogen-bond acceptors (Lipinski definition) is 3. The zero-order chi connectivity index (χ0) is 14.6. The van der Waals surface area contributed by atoms with E-state index >= 15 is 0 Å². The second-order valence-corrected chi connectivity index (χ2v) is 5.44. The smallest absolute Gasteiger partial charge is 0.323 e. The van der Waals surface area contributed by atoms with Crippen LogP contribution in [0.4, 0.5) is 5.69 Å². The van der Waals surface area contributed by atoms with E-state index in [-0.39, 0.29) is 18.5 Å². The van der Waals surface area contributed by atoms with Crippen molar-refractivity contribution < 1.29 is 19.8 Å². The third kappa shape index (κ3) is 4.62. The fraction of sp³-hybridized carbons (Fsp3) is 0.429. The van der Waals surface area contributed by atoms with Crippen molar-refractivity contribution in [1.82, 2.24) is 0 Å². The summed E-state index contributed by atoms with van der Waals surface area (Å²) < 4.78 is 0. The van der Waals surface area contributed by atoms with Gasteiger partial charge in [0.05, 0.1) is 0 Å². The van der Waals surface area contributed by atoms with E-state index in [1.165, 1.54) is 4.90 Å². The van der Waals surface area contributed by atoms with Gasteiger partial charge in [0.1, 0.15) is 13.1 Å². The van der Waals surface area contributed by atoms with E-state index in [2.05, 4.69) is 20.8 Å². The van der Waals surface area contributed by atoms with Gasteiger partial charge in [-0.25, -0.2) is 0 Å². The largest absolute Gasteiger partial charge is 0.480 e. The number of carboxylic acid groups (broad SMARTS) is 2. The average molecular weight is 265 g/mol. The van der Waals surface area contributed by atoms with Crippen molar-refractivity contribution in [2.45, 2.75) is 26.2 Å². The third-order valence-corrected chi connectivity index (χ3v) is 2.75. The summed E-state index contributed by atoms with van der Waals surface area (Å²) in [5, 5.41) is 17.6. The van der Waals surface area contributed by atoms with E-state index in [4.69, 9.17) is 10.2 Å². The Bertz CT molecular complexity index is 443. The number of carbonyl (C=O) groups is 2. The quantitative estimate of drug-likeness (QED) is 0.851. The zero-order valence-electron chi connectivity index (χ0n) is 11.4. The predicted molar refractivity (Wildman–Crippen MR) is 72.6 cm³/mol. The highest BCUT2D eigenvalue weighted by Crippen LogP contribution is 2.24. The number of hydrogen-bond donors (Lipinski definition) is 2. The van der Waals surface area contributed by atoms with E-state index in [1.54, 1.807) is 12.1 Å². The molecule has 0 amide bonds. The number of benzene rings is 1. The van der Waals surface area contributed by atoms with Crippen molar-refractivity contribution in [3.8, 4) is 0 Å². The van der Waals surface area contributed by atoms with Crippen molar-refractivity contribution >= 4 is 17.6 Å². The summed E-state index contributed by atoms with van der Waals surface area (Å²) in [5.74, 6) is -2.11. The lowest BCUT2D eigenvalue weighted by Gasteiger charge is -2.23. The fourth-order valence-electron chi connectivity index (χ4n) is 1.74. The second kappa shape index (κ2) is 5.73. The summed E-state index contributed by atoms with van der Waals surface area (Å²) in [4.78, 5) is 22.8. The van der Waals surface area contributed by atoms with Crippen LogP contribution in [-0.2, 0) is 15.0 Å². The predicted octanol–water partition coefficient (Wildman–Crippen LogP) is 1.96. The van der Waals surface area contributed by atoms with Crippen LogP contribution >= 0.6 is 0 Å². The fourth-order valence-corrected chi connectivity index (χ4v) is 1.74. The molecule has 0 aliphatic carbocycles. The van der Waals surface area contributed by atoms with Gasteiger partial charge in [0.25, 0.3) is 0 Å². The molecule has 0 bridgehead atoms. The van der Waals surface area contributed by atoms with Crippen LogP contribution in [0.25, 0.3) is 0 Å². The highest BCUT2D eigenvalue weighted by atomic mass is 16.4. The lowest BCUT2D eigenvalue weighted by Crippen LogP contribution is -2.34. The first kappa shape index (κ1) is 15.0. The van der Waals surface area contributed by atoms with Gasteiger partial charge in [-0.1, -0.05) is 32.9 Å². The first-order chi connectivity index (χ1) is 8.70. The van der Waals surface area contributed by atoms with Gasteiger partial charge in [-0.15, -0.1) is 0 Å². The van der Waals surface area contributed by atoms with Gasteiger partial charge < -0.3 is 15.1 Å². The van der Waals surface area contributed by atoms with Crippen LogP contribution in [0.1, 0.15) is 26.3 Å². The van der Waals surface area contributed by atoms with Crippen molar-refractivity contribution in [3.05, 3.63) is 29.8 Å². The lowest BCUT2D eigenvalue weighted by atomic mass is 9.87. The Labute approximate surface area is 112 Å². The molecular formula is C14H19NO4. The molecule has 0 fully saturated rings. The maximum Gasteiger partial charge on any atom is 0.323 e. The molecule has 0 atom stereocenters. The van der Waals surface area contributed by atoms with E-state index < -0.39 is 11.9 Å². The van der Waals surface area contributed by atoms with Crippen molar-refractivity contribution in [2.75, 3.05) is 18.0 Å². The minimum atomic E-state index is -1.05. The highest BCUT2D eigenvalue weighted by Gasteiger charge is 2.16. The molecule has 0 radical (unpaired) electrons. The SMILES string of the molecule is CC(C)(C)c1ccc(N(CC(=O)O)CC(=O)O)cc1. The highest BCUT2D eigenvalue weighted by molar-refractivity contribution is 5.79. The Balaban J connectivity index is 2.96. The molecule has 2 N–H and O–H groups in total. The van der Waals surface area contributed by atoms with Crippen LogP contribution in [0.2, 0.25) is 0 Å². The molecule has 0 unspecified atom stereocenters. The Kier molecular flexibility index (Phi) is 4.53. The summed E-state index contributed by atoms with van der Waals surface area (Å²) in [7, 11) is 0. The molecule has 1 aromatic carbocycles. The van der Waals surface area contributed by atoms with Crippen LogP contribution < -0.4 is 4.90 Å². The molecule has 104 valence electrons. The summed E-state index contributed by atoms with van der Waals surface area (Å²) in [5.41, 5.74) is 1.71. The van der Waals surface area contributed by atoms with E-state index in [0.717, 1.165) is 5.56 Å². The normalized spacial score (nSPS) is 11.1. The number of anilines is 1. The topological polar surface area (TPSA) is 77.8 Å². The molecule has 1 aromatic rings. The maximum absolute atomic E-state index is 10.8. The molecule has 0 aliphatic heterocycles. The van der Waals surface area contributed by atoms with E-state index in [0.29, 0.717) is 5.69 Å². The van der Waals surface area contributed by atoms with Crippen LogP contribution in [0.3, 0.4) is 0 Å². The molecule has 0 saturated heterocycles. The zero-order valence-corrected chi connectivity index (χ0v) is 11.4. The summed E-state index contributed by atoms with van der Waals surface area (Å²) in [6, 6.07) is 7.30. The van der Waals surface area contributed by atoms with Crippen LogP contribution in [0.15, 0.2) is 24.3 Å². The van der Waals surface area contributed by atoms with Gasteiger partial charge in [-0.2, -0.15) is 0 Å². The van der Waals surface area contributed by atoms with Crippen molar-refractivity contribution in [3.63, 3.8) is 0 Å². The minimum Gasteiger partial charge on any atom is -0.480 e.